The third kappa shape index (κ3) is 7.86. The van der Waals surface area contributed by atoms with Crippen LogP contribution in [0.2, 0.25) is 0 Å². The minimum Gasteiger partial charge on any atom is -0.395 e. The summed E-state index contributed by atoms with van der Waals surface area (Å²) >= 11 is 0. The SMILES string of the molecule is O=C(NCCCCc1ccncc1)N(CCO)CCC1CCCCC1. The van der Waals surface area contributed by atoms with Crippen LogP contribution < -0.4 is 5.32 Å². The normalized spacial score (nSPS) is 15.1. The Hall–Kier alpha value is -1.62. The first-order valence-electron chi connectivity index (χ1n) is 9.82. The van der Waals surface area contributed by atoms with Gasteiger partial charge < -0.3 is 15.3 Å². The summed E-state index contributed by atoms with van der Waals surface area (Å²) in [7, 11) is 0. The van der Waals surface area contributed by atoms with Gasteiger partial charge in [0.15, 0.2) is 0 Å². The maximum absolute atomic E-state index is 12.3. The molecule has 2 rings (SSSR count). The zero-order valence-corrected chi connectivity index (χ0v) is 15.3. The van der Waals surface area contributed by atoms with E-state index >= 15 is 0 Å². The number of carbonyl (C=O) groups excluding carboxylic acids is 1. The Balaban J connectivity index is 1.61. The first-order chi connectivity index (χ1) is 12.3. The fourth-order valence-corrected chi connectivity index (χ4v) is 3.56. The highest BCUT2D eigenvalue weighted by Gasteiger charge is 2.17. The highest BCUT2D eigenvalue weighted by molar-refractivity contribution is 5.74. The number of unbranched alkanes of at least 4 members (excludes halogenated alkanes) is 1. The fourth-order valence-electron chi connectivity index (χ4n) is 3.56. The summed E-state index contributed by atoms with van der Waals surface area (Å²) in [6.45, 7) is 1.90. The van der Waals surface area contributed by atoms with Crippen LogP contribution in [0.3, 0.4) is 0 Å². The minimum absolute atomic E-state index is 0.0279. The predicted molar refractivity (Wildman–Crippen MR) is 100 cm³/mol. The number of aliphatic hydroxyl groups is 1. The molecule has 25 heavy (non-hydrogen) atoms. The molecule has 1 saturated carbocycles. The molecule has 0 spiro atoms. The first-order valence-corrected chi connectivity index (χ1v) is 9.82. The van der Waals surface area contributed by atoms with Crippen molar-refractivity contribution in [3.8, 4) is 0 Å². The number of aryl methyl sites for hydroxylation is 1. The highest BCUT2D eigenvalue weighted by atomic mass is 16.3. The Kier molecular flexibility index (Phi) is 9.34. The number of aliphatic hydroxyl groups excluding tert-OH is 1. The van der Waals surface area contributed by atoms with Gasteiger partial charge in [0.1, 0.15) is 0 Å². The lowest BCUT2D eigenvalue weighted by Crippen LogP contribution is -2.42. The van der Waals surface area contributed by atoms with E-state index in [-0.39, 0.29) is 12.6 Å². The van der Waals surface area contributed by atoms with Crippen molar-refractivity contribution in [3.05, 3.63) is 30.1 Å². The van der Waals surface area contributed by atoms with Crippen molar-refractivity contribution in [1.29, 1.82) is 0 Å². The number of amides is 2. The molecule has 0 radical (unpaired) electrons. The van der Waals surface area contributed by atoms with Crippen molar-refractivity contribution >= 4 is 6.03 Å². The maximum Gasteiger partial charge on any atom is 0.317 e. The number of nitrogens with zero attached hydrogens (tertiary/aromatic N) is 2. The molecule has 5 nitrogen and oxygen atoms in total. The molecule has 2 N–H and O–H groups in total. The Morgan fingerprint density at radius 1 is 1.16 bits per heavy atom. The van der Waals surface area contributed by atoms with Gasteiger partial charge in [0, 0.05) is 32.0 Å². The van der Waals surface area contributed by atoms with Crippen molar-refractivity contribution in [2.45, 2.75) is 57.8 Å². The van der Waals surface area contributed by atoms with Gasteiger partial charge in [-0.05, 0) is 49.3 Å². The topological polar surface area (TPSA) is 65.5 Å². The second-order valence-electron chi connectivity index (χ2n) is 7.05. The van der Waals surface area contributed by atoms with Gasteiger partial charge in [0.25, 0.3) is 0 Å². The van der Waals surface area contributed by atoms with Crippen molar-refractivity contribution in [1.82, 2.24) is 15.2 Å². The lowest BCUT2D eigenvalue weighted by molar-refractivity contribution is 0.169. The minimum atomic E-state index is -0.0335. The average molecular weight is 348 g/mol. The fraction of sp³-hybridized carbons (Fsp3) is 0.700. The molecule has 1 aliphatic carbocycles. The van der Waals surface area contributed by atoms with Crippen molar-refractivity contribution < 1.29 is 9.90 Å². The number of pyridine rings is 1. The van der Waals surface area contributed by atoms with E-state index in [4.69, 9.17) is 0 Å². The summed E-state index contributed by atoms with van der Waals surface area (Å²) in [4.78, 5) is 18.1. The standard InChI is InChI=1S/C20H33N3O2/c24-17-16-23(15-11-18-6-2-1-3-7-18)20(25)22-12-5-4-8-19-9-13-21-14-10-19/h9-10,13-14,18,24H,1-8,11-12,15-17H2,(H,22,25). The van der Waals surface area contributed by atoms with Crippen LogP contribution in [0.1, 0.15) is 56.9 Å². The first kappa shape index (κ1) is 19.7. The Labute approximate surface area is 151 Å². The number of hydrogen-bond donors (Lipinski definition) is 2. The van der Waals surface area contributed by atoms with E-state index in [1.54, 1.807) is 4.90 Å². The molecule has 0 aromatic carbocycles. The highest BCUT2D eigenvalue weighted by Crippen LogP contribution is 2.26. The molecule has 0 aliphatic heterocycles. The second kappa shape index (κ2) is 11.9. The van der Waals surface area contributed by atoms with E-state index in [2.05, 4.69) is 10.3 Å². The van der Waals surface area contributed by atoms with E-state index in [0.29, 0.717) is 13.1 Å². The molecule has 0 bridgehead atoms. The maximum atomic E-state index is 12.3. The Morgan fingerprint density at radius 3 is 2.64 bits per heavy atom. The quantitative estimate of drug-likeness (QED) is 0.638. The van der Waals surface area contributed by atoms with Crippen molar-refractivity contribution in [2.24, 2.45) is 5.92 Å². The molecule has 0 atom stereocenters. The Bertz CT molecular complexity index is 475. The second-order valence-corrected chi connectivity index (χ2v) is 7.05. The molecule has 1 heterocycles. The van der Waals surface area contributed by atoms with E-state index in [1.807, 2.05) is 24.5 Å². The molecule has 1 aromatic rings. The van der Waals surface area contributed by atoms with Gasteiger partial charge >= 0.3 is 6.03 Å². The molecule has 1 aliphatic rings. The number of carbonyl (C=O) groups is 1. The van der Waals surface area contributed by atoms with E-state index in [1.165, 1.54) is 37.7 Å². The Morgan fingerprint density at radius 2 is 1.92 bits per heavy atom. The lowest BCUT2D eigenvalue weighted by Gasteiger charge is -2.27. The molecule has 5 heteroatoms. The van der Waals surface area contributed by atoms with Gasteiger partial charge in [-0.25, -0.2) is 4.79 Å². The van der Waals surface area contributed by atoms with E-state index in [9.17, 15) is 9.90 Å². The number of nitrogens with one attached hydrogen (secondary N) is 1. The van der Waals surface area contributed by atoms with Gasteiger partial charge in [-0.15, -0.1) is 0 Å². The average Bonchev–Trinajstić information content (AvgIpc) is 2.66. The smallest absolute Gasteiger partial charge is 0.317 e. The zero-order valence-electron chi connectivity index (χ0n) is 15.3. The van der Waals surface area contributed by atoms with Gasteiger partial charge in [-0.3, -0.25) is 4.98 Å². The monoisotopic (exact) mass is 347 g/mol. The van der Waals surface area contributed by atoms with Gasteiger partial charge in [-0.2, -0.15) is 0 Å². The van der Waals surface area contributed by atoms with Gasteiger partial charge in [-0.1, -0.05) is 32.1 Å². The summed E-state index contributed by atoms with van der Waals surface area (Å²) in [6, 6.07) is 4.04. The number of aromatic nitrogens is 1. The molecule has 2 amide bonds. The van der Waals surface area contributed by atoms with Crippen LogP contribution in [0, 0.1) is 5.92 Å². The predicted octanol–water partition coefficient (Wildman–Crippen LogP) is 3.38. The molecule has 0 unspecified atom stereocenters. The van der Waals surface area contributed by atoms with Crippen LogP contribution in [0.25, 0.3) is 0 Å². The van der Waals surface area contributed by atoms with E-state index < -0.39 is 0 Å². The molecule has 140 valence electrons. The molecular formula is C20H33N3O2. The van der Waals surface area contributed by atoms with Crippen molar-refractivity contribution in [3.63, 3.8) is 0 Å². The van der Waals surface area contributed by atoms with Crippen LogP contribution in [0.15, 0.2) is 24.5 Å². The zero-order chi connectivity index (χ0) is 17.7. The van der Waals surface area contributed by atoms with Crippen LogP contribution in [-0.4, -0.2) is 47.3 Å². The molecule has 1 aromatic heterocycles. The summed E-state index contributed by atoms with van der Waals surface area (Å²) in [5.74, 6) is 0.753. The lowest BCUT2D eigenvalue weighted by atomic mass is 9.87. The third-order valence-electron chi connectivity index (χ3n) is 5.11. The van der Waals surface area contributed by atoms with Crippen LogP contribution >= 0.6 is 0 Å². The molecule has 1 fully saturated rings. The van der Waals surface area contributed by atoms with Crippen molar-refractivity contribution in [2.75, 3.05) is 26.2 Å². The summed E-state index contributed by atoms with van der Waals surface area (Å²) in [5, 5.41) is 12.2. The summed E-state index contributed by atoms with van der Waals surface area (Å²) < 4.78 is 0. The largest absolute Gasteiger partial charge is 0.395 e. The molecule has 0 saturated heterocycles. The third-order valence-corrected chi connectivity index (χ3v) is 5.11. The number of rotatable bonds is 10. The van der Waals surface area contributed by atoms with Crippen LogP contribution in [0.4, 0.5) is 4.79 Å². The van der Waals surface area contributed by atoms with Gasteiger partial charge in [0.05, 0.1) is 6.61 Å². The summed E-state index contributed by atoms with van der Waals surface area (Å²) in [5.41, 5.74) is 1.29. The van der Waals surface area contributed by atoms with Crippen LogP contribution in [0.5, 0.6) is 0 Å². The summed E-state index contributed by atoms with van der Waals surface area (Å²) in [6.07, 6.45) is 14.3. The number of hydrogen-bond acceptors (Lipinski definition) is 3. The number of urea groups is 1. The van der Waals surface area contributed by atoms with Gasteiger partial charge in [0.2, 0.25) is 0 Å². The van der Waals surface area contributed by atoms with Crippen LogP contribution in [-0.2, 0) is 6.42 Å². The van der Waals surface area contributed by atoms with E-state index in [0.717, 1.165) is 38.1 Å². The molecular weight excluding hydrogens is 314 g/mol.